The number of nitrogens with one attached hydrogen (secondary N) is 2. The number of nitrogens with two attached hydrogens (primary N) is 1. The number of hydrogen-bond acceptors (Lipinski definition) is 5. The number of H-pyrrole nitrogens is 1. The topological polar surface area (TPSA) is 117 Å². The number of pyridine rings is 1. The summed E-state index contributed by atoms with van der Waals surface area (Å²) in [4.78, 5) is 35.9. The monoisotopic (exact) mass is 717 g/mol. The van der Waals surface area contributed by atoms with Crippen molar-refractivity contribution in [2.24, 2.45) is 22.1 Å². The van der Waals surface area contributed by atoms with Crippen molar-refractivity contribution in [1.29, 1.82) is 0 Å². The number of carbonyl (C=O) groups excluding carboxylic acids is 1. The Kier molecular flexibility index (Phi) is 11.1. The smallest absolute Gasteiger partial charge is 0.281 e. The zero-order valence-electron chi connectivity index (χ0n) is 32.0. The van der Waals surface area contributed by atoms with Gasteiger partial charge in [-0.15, -0.1) is 0 Å². The van der Waals surface area contributed by atoms with Crippen LogP contribution in [0.5, 0.6) is 5.88 Å². The predicted octanol–water partition coefficient (Wildman–Crippen LogP) is 4.80. The summed E-state index contributed by atoms with van der Waals surface area (Å²) in [6.07, 6.45) is 11.2. The van der Waals surface area contributed by atoms with Crippen molar-refractivity contribution in [3.05, 3.63) is 77.6 Å². The van der Waals surface area contributed by atoms with Crippen LogP contribution in [0.1, 0.15) is 69.7 Å². The molecule has 3 aliphatic rings. The highest BCUT2D eigenvalue weighted by atomic mass is 16.5. The Morgan fingerprint density at radius 2 is 1.87 bits per heavy atom. The number of anilines is 1. The molecule has 10 heteroatoms. The summed E-state index contributed by atoms with van der Waals surface area (Å²) >= 11 is 0. The first-order chi connectivity index (χ1) is 25.7. The molecule has 1 spiro atoms. The van der Waals surface area contributed by atoms with Crippen molar-refractivity contribution >= 4 is 34.7 Å². The standard InChI is InChI=1S/C43H56N8O2/c1-5-37-41(34-12-15-39(46-25-34)53-30(2)3)36-24-35(13-14-38(36)48-37)51-23-19-43(28-51)18-22-49(27-43)26-40(52)50-20-16-32(17-21-50)7-6-31-8-10-33(11-9-31)42(44)47-29-45-4/h8-15,24-25,29-30,32,48H,5-7,16-23,26-28H2,1-4H3,(H2,44,45,47)/p+1. The van der Waals surface area contributed by atoms with Crippen LogP contribution in [-0.2, 0) is 17.6 Å². The average Bonchev–Trinajstić information content (AvgIpc) is 3.89. The molecule has 0 aliphatic carbocycles. The minimum Gasteiger partial charge on any atom is -0.475 e. The molecule has 53 heavy (non-hydrogen) atoms. The van der Waals surface area contributed by atoms with Gasteiger partial charge in [-0.05, 0) is 118 Å². The van der Waals surface area contributed by atoms with E-state index >= 15 is 0 Å². The number of ether oxygens (including phenoxy) is 1. The first-order valence-corrected chi connectivity index (χ1v) is 19.7. The van der Waals surface area contributed by atoms with E-state index in [0.29, 0.717) is 30.1 Å². The number of aliphatic imine (C=N–C) groups is 1. The van der Waals surface area contributed by atoms with Gasteiger partial charge in [-0.3, -0.25) is 14.7 Å². The van der Waals surface area contributed by atoms with E-state index in [9.17, 15) is 4.79 Å². The van der Waals surface area contributed by atoms with Crippen LogP contribution >= 0.6 is 0 Å². The number of fused-ring (bicyclic) bond motifs is 1. The van der Waals surface area contributed by atoms with Gasteiger partial charge in [0.2, 0.25) is 17.6 Å². The molecule has 7 rings (SSSR count). The molecule has 4 N–H and O–H groups in total. The number of hydrogen-bond donors (Lipinski definition) is 3. The van der Waals surface area contributed by atoms with Gasteiger partial charge in [-0.2, -0.15) is 0 Å². The highest BCUT2D eigenvalue weighted by molar-refractivity contribution is 6.01. The van der Waals surface area contributed by atoms with Crippen LogP contribution in [0.3, 0.4) is 0 Å². The molecule has 280 valence electrons. The van der Waals surface area contributed by atoms with Crippen molar-refractivity contribution in [2.75, 3.05) is 57.8 Å². The molecule has 1 unspecified atom stereocenters. The highest BCUT2D eigenvalue weighted by Gasteiger charge is 2.44. The third kappa shape index (κ3) is 8.43. The van der Waals surface area contributed by atoms with Gasteiger partial charge >= 0.3 is 0 Å². The molecule has 1 amide bonds. The van der Waals surface area contributed by atoms with E-state index in [-0.39, 0.29) is 11.5 Å². The minimum atomic E-state index is 0.0939. The quantitative estimate of drug-likeness (QED) is 0.143. The normalized spacial score (nSPS) is 20.2. The molecule has 2 aromatic carbocycles. The van der Waals surface area contributed by atoms with Gasteiger partial charge in [0.1, 0.15) is 0 Å². The predicted molar refractivity (Wildman–Crippen MR) is 215 cm³/mol. The molecule has 2 aromatic heterocycles. The number of likely N-dealkylation sites (tertiary alicyclic amines) is 2. The zero-order chi connectivity index (χ0) is 37.0. The summed E-state index contributed by atoms with van der Waals surface area (Å²) in [7, 11) is 1.80. The van der Waals surface area contributed by atoms with Gasteiger partial charge < -0.3 is 25.3 Å². The van der Waals surface area contributed by atoms with Gasteiger partial charge in [-0.1, -0.05) is 19.1 Å². The van der Waals surface area contributed by atoms with Crippen molar-refractivity contribution < 1.29 is 14.5 Å². The van der Waals surface area contributed by atoms with E-state index < -0.39 is 0 Å². The summed E-state index contributed by atoms with van der Waals surface area (Å²) in [5, 5.41) is 1.24. The number of aromatic amines is 1. The Morgan fingerprint density at radius 1 is 1.08 bits per heavy atom. The summed E-state index contributed by atoms with van der Waals surface area (Å²) in [5.41, 5.74) is 14.6. The molecule has 5 heterocycles. The van der Waals surface area contributed by atoms with E-state index in [2.05, 4.69) is 78.0 Å². The van der Waals surface area contributed by atoms with Crippen LogP contribution in [0.15, 0.2) is 65.8 Å². The van der Waals surface area contributed by atoms with Crippen LogP contribution in [0.4, 0.5) is 5.69 Å². The first-order valence-electron chi connectivity index (χ1n) is 19.7. The molecule has 0 radical (unpaired) electrons. The van der Waals surface area contributed by atoms with Crippen molar-refractivity contribution in [3.8, 4) is 17.0 Å². The average molecular weight is 718 g/mol. The maximum atomic E-state index is 13.5. The van der Waals surface area contributed by atoms with Crippen molar-refractivity contribution in [1.82, 2.24) is 19.8 Å². The second-order valence-electron chi connectivity index (χ2n) is 15.7. The molecule has 0 saturated carbocycles. The van der Waals surface area contributed by atoms with E-state index in [1.165, 1.54) is 34.3 Å². The number of aromatic nitrogens is 2. The fraction of sp³-hybridized carbons (Fsp3) is 0.488. The molecular formula is C43H57N8O2+. The SMILES string of the molecule is CCc1[nH]c2ccc(N3CCC4(CCN(CC(=O)N5CCC(CCc6ccc(C(N)=NC=[NH+]C)cc6)CC5)C4)C3)cc2c1-c1ccc(OC(C)C)nc1. The number of carbonyl (C=O) groups is 1. The number of rotatable bonds is 12. The second kappa shape index (κ2) is 16.1. The van der Waals surface area contributed by atoms with Gasteiger partial charge in [0.15, 0.2) is 0 Å². The lowest BCUT2D eigenvalue weighted by molar-refractivity contribution is -0.414. The zero-order valence-corrected chi connectivity index (χ0v) is 32.0. The molecule has 10 nitrogen and oxygen atoms in total. The Balaban J connectivity index is 0.902. The maximum absolute atomic E-state index is 13.5. The van der Waals surface area contributed by atoms with E-state index in [4.69, 9.17) is 10.5 Å². The largest absolute Gasteiger partial charge is 0.475 e. The maximum Gasteiger partial charge on any atom is 0.281 e. The number of amides is 1. The van der Waals surface area contributed by atoms with Crippen LogP contribution in [0, 0.1) is 11.3 Å². The highest BCUT2D eigenvalue weighted by Crippen LogP contribution is 2.43. The van der Waals surface area contributed by atoms with E-state index in [0.717, 1.165) is 94.4 Å². The summed E-state index contributed by atoms with van der Waals surface area (Å²) in [6, 6.07) is 19.4. The van der Waals surface area contributed by atoms with Gasteiger partial charge in [0, 0.05) is 89.4 Å². The lowest BCUT2D eigenvalue weighted by atomic mass is 9.86. The Bertz CT molecular complexity index is 1920. The molecule has 1 atom stereocenters. The van der Waals surface area contributed by atoms with Crippen LogP contribution in [0.2, 0.25) is 0 Å². The Hall–Kier alpha value is -4.70. The molecule has 3 aliphatic heterocycles. The van der Waals surface area contributed by atoms with Crippen LogP contribution < -0.4 is 20.4 Å². The Morgan fingerprint density at radius 3 is 2.58 bits per heavy atom. The minimum absolute atomic E-state index is 0.0939. The van der Waals surface area contributed by atoms with E-state index in [1.807, 2.05) is 38.2 Å². The molecule has 3 saturated heterocycles. The fourth-order valence-electron chi connectivity index (χ4n) is 8.70. The number of nitrogens with zero attached hydrogens (tertiary/aromatic N) is 5. The third-order valence-electron chi connectivity index (χ3n) is 11.7. The van der Waals surface area contributed by atoms with Crippen LogP contribution in [0.25, 0.3) is 22.0 Å². The second-order valence-corrected chi connectivity index (χ2v) is 15.7. The number of amidine groups is 1. The lowest BCUT2D eigenvalue weighted by Crippen LogP contribution is -2.62. The number of piperidine rings is 1. The molecule has 3 fully saturated rings. The third-order valence-corrected chi connectivity index (χ3v) is 11.7. The van der Waals surface area contributed by atoms with Crippen molar-refractivity contribution in [2.45, 2.75) is 71.8 Å². The van der Waals surface area contributed by atoms with Gasteiger partial charge in [-0.25, -0.2) is 4.98 Å². The first kappa shape index (κ1) is 36.6. The van der Waals surface area contributed by atoms with E-state index in [1.54, 1.807) is 13.4 Å². The number of aryl methyl sites for hydroxylation is 2. The summed E-state index contributed by atoms with van der Waals surface area (Å²) in [6.45, 7) is 12.6. The molecular weight excluding hydrogens is 661 g/mol. The molecule has 0 bridgehead atoms. The summed E-state index contributed by atoms with van der Waals surface area (Å²) in [5.74, 6) is 2.13. The number of benzene rings is 2. The van der Waals surface area contributed by atoms with Crippen LogP contribution in [-0.4, -0.2) is 96.8 Å². The van der Waals surface area contributed by atoms with Gasteiger partial charge in [0.05, 0.1) is 19.7 Å². The van der Waals surface area contributed by atoms with Crippen molar-refractivity contribution in [3.63, 3.8) is 0 Å². The fourth-order valence-corrected chi connectivity index (χ4v) is 8.70. The summed E-state index contributed by atoms with van der Waals surface area (Å²) < 4.78 is 5.80. The lowest BCUT2D eigenvalue weighted by Gasteiger charge is -2.33. The van der Waals surface area contributed by atoms with Gasteiger partial charge in [0.25, 0.3) is 6.34 Å². The Labute approximate surface area is 314 Å². The molecule has 4 aromatic rings.